The van der Waals surface area contributed by atoms with Crippen molar-refractivity contribution in [1.29, 1.82) is 5.26 Å². The minimum absolute atomic E-state index is 0.0726. The van der Waals surface area contributed by atoms with Crippen molar-refractivity contribution >= 4 is 50.3 Å². The van der Waals surface area contributed by atoms with Crippen LogP contribution in [0, 0.1) is 30.6 Å². The van der Waals surface area contributed by atoms with Crippen molar-refractivity contribution in [2.24, 2.45) is 11.1 Å². The normalized spacial score (nSPS) is 20.7. The minimum Gasteiger partial charge on any atom is -0.384 e. The lowest BCUT2D eigenvalue weighted by molar-refractivity contribution is -0.118. The number of carbonyl (C=O) groups excluding carboxylic acids is 1. The molecule has 160 valence electrons. The summed E-state index contributed by atoms with van der Waals surface area (Å²) in [6, 6.07) is 9.96. The second kappa shape index (κ2) is 7.81. The van der Waals surface area contributed by atoms with Crippen LogP contribution in [0.4, 0.5) is 5.69 Å². The summed E-state index contributed by atoms with van der Waals surface area (Å²) in [5.74, 6) is -0.0120. The largest absolute Gasteiger partial charge is 0.384 e. The van der Waals surface area contributed by atoms with Gasteiger partial charge < -0.3 is 5.73 Å². The van der Waals surface area contributed by atoms with Gasteiger partial charge in [-0.2, -0.15) is 5.26 Å². The molecule has 4 nitrogen and oxygen atoms in total. The van der Waals surface area contributed by atoms with Crippen molar-refractivity contribution < 1.29 is 4.79 Å². The van der Waals surface area contributed by atoms with Gasteiger partial charge in [0.15, 0.2) is 5.78 Å². The van der Waals surface area contributed by atoms with Crippen molar-refractivity contribution in [2.45, 2.75) is 46.5 Å². The number of carbonyl (C=O) groups is 1. The standard InChI is InChI=1S/C24H23BrClN3OS/c1-12-16(26)6-5-7-17(12)29-18-9-24(3,4)10-19(30)22(18)21(14(11-27)23(29)28)20-8-15(25)13(2)31-20/h5-8,21H,9-10,28H2,1-4H3. The third-order valence-corrected chi connectivity index (χ3v) is 8.63. The van der Waals surface area contributed by atoms with E-state index in [1.165, 1.54) is 0 Å². The number of nitrogens with two attached hydrogens (primary N) is 1. The highest BCUT2D eigenvalue weighted by Gasteiger charge is 2.45. The molecule has 0 amide bonds. The van der Waals surface area contributed by atoms with Crippen LogP contribution < -0.4 is 10.6 Å². The molecule has 1 aromatic carbocycles. The van der Waals surface area contributed by atoms with E-state index in [2.05, 4.69) is 35.8 Å². The molecule has 1 aliphatic heterocycles. The number of hydrogen-bond acceptors (Lipinski definition) is 5. The summed E-state index contributed by atoms with van der Waals surface area (Å²) in [6.07, 6.45) is 1.12. The number of benzene rings is 1. The van der Waals surface area contributed by atoms with E-state index < -0.39 is 5.92 Å². The summed E-state index contributed by atoms with van der Waals surface area (Å²) < 4.78 is 0.974. The molecule has 2 aliphatic rings. The lowest BCUT2D eigenvalue weighted by atomic mass is 9.69. The highest BCUT2D eigenvalue weighted by Crippen LogP contribution is 2.52. The van der Waals surface area contributed by atoms with Crippen LogP contribution in [0.15, 0.2) is 51.4 Å². The first-order valence-corrected chi connectivity index (χ1v) is 12.0. The fourth-order valence-corrected chi connectivity index (χ4v) is 6.38. The Morgan fingerprint density at radius 1 is 1.32 bits per heavy atom. The number of Topliss-reactive ketones (excluding diaryl/α,β-unsaturated/α-hetero) is 1. The smallest absolute Gasteiger partial charge is 0.162 e. The molecule has 1 atom stereocenters. The van der Waals surface area contributed by atoms with Crippen LogP contribution in [-0.2, 0) is 4.79 Å². The van der Waals surface area contributed by atoms with Crippen LogP contribution in [0.3, 0.4) is 0 Å². The summed E-state index contributed by atoms with van der Waals surface area (Å²) in [5.41, 5.74) is 10.1. The third-order valence-electron chi connectivity index (χ3n) is 6.02. The van der Waals surface area contributed by atoms with Gasteiger partial charge in [-0.3, -0.25) is 9.69 Å². The summed E-state index contributed by atoms with van der Waals surface area (Å²) >= 11 is 11.6. The zero-order valence-corrected chi connectivity index (χ0v) is 21.0. The Kier molecular flexibility index (Phi) is 5.58. The van der Waals surface area contributed by atoms with Gasteiger partial charge in [0.05, 0.1) is 23.2 Å². The number of halogens is 2. The zero-order valence-electron chi connectivity index (χ0n) is 17.8. The molecule has 7 heteroatoms. The number of rotatable bonds is 2. The molecular weight excluding hydrogens is 494 g/mol. The average Bonchev–Trinajstić information content (AvgIpc) is 3.01. The van der Waals surface area contributed by atoms with Crippen molar-refractivity contribution in [3.05, 3.63) is 71.7 Å². The highest BCUT2D eigenvalue weighted by molar-refractivity contribution is 9.10. The van der Waals surface area contributed by atoms with Gasteiger partial charge in [0.25, 0.3) is 0 Å². The van der Waals surface area contributed by atoms with Gasteiger partial charge in [-0.15, -0.1) is 11.3 Å². The molecule has 0 bridgehead atoms. The molecule has 0 fully saturated rings. The van der Waals surface area contributed by atoms with E-state index in [4.69, 9.17) is 17.3 Å². The Labute approximate surface area is 200 Å². The van der Waals surface area contributed by atoms with Gasteiger partial charge in [-0.1, -0.05) is 31.5 Å². The number of anilines is 1. The minimum atomic E-state index is -0.450. The summed E-state index contributed by atoms with van der Waals surface area (Å²) in [6.45, 7) is 8.14. The third kappa shape index (κ3) is 3.63. The molecule has 1 aromatic heterocycles. The lowest BCUT2D eigenvalue weighted by Crippen LogP contribution is -2.42. The van der Waals surface area contributed by atoms with Crippen molar-refractivity contribution in [1.82, 2.24) is 0 Å². The number of hydrogen-bond donors (Lipinski definition) is 1. The lowest BCUT2D eigenvalue weighted by Gasteiger charge is -2.44. The van der Waals surface area contributed by atoms with E-state index in [1.807, 2.05) is 43.0 Å². The number of thiophene rings is 1. The maximum absolute atomic E-state index is 13.5. The Bertz CT molecular complexity index is 1200. The van der Waals surface area contributed by atoms with Crippen molar-refractivity contribution in [3.63, 3.8) is 0 Å². The fourth-order valence-electron chi connectivity index (χ4n) is 4.53. The summed E-state index contributed by atoms with van der Waals surface area (Å²) in [4.78, 5) is 17.5. The molecule has 2 aromatic rings. The van der Waals surface area contributed by atoms with E-state index in [0.29, 0.717) is 34.8 Å². The summed E-state index contributed by atoms with van der Waals surface area (Å²) in [5, 5.41) is 10.8. The number of nitriles is 1. The molecule has 31 heavy (non-hydrogen) atoms. The van der Waals surface area contributed by atoms with Crippen LogP contribution in [0.25, 0.3) is 0 Å². The van der Waals surface area contributed by atoms with E-state index in [9.17, 15) is 10.1 Å². The van der Waals surface area contributed by atoms with E-state index in [-0.39, 0.29) is 11.2 Å². The van der Waals surface area contributed by atoms with E-state index in [0.717, 1.165) is 31.2 Å². The van der Waals surface area contributed by atoms with Crippen LogP contribution in [0.5, 0.6) is 0 Å². The molecule has 1 aliphatic carbocycles. The van der Waals surface area contributed by atoms with Gasteiger partial charge >= 0.3 is 0 Å². The van der Waals surface area contributed by atoms with Crippen LogP contribution in [0.1, 0.15) is 47.9 Å². The molecular formula is C24H23BrClN3OS. The second-order valence-corrected chi connectivity index (χ2v) is 11.5. The maximum atomic E-state index is 13.5. The molecule has 2 heterocycles. The Balaban J connectivity index is 2.04. The molecule has 0 saturated heterocycles. The Morgan fingerprint density at radius 2 is 2.03 bits per heavy atom. The highest BCUT2D eigenvalue weighted by atomic mass is 79.9. The second-order valence-electron chi connectivity index (χ2n) is 8.92. The predicted octanol–water partition coefficient (Wildman–Crippen LogP) is 6.72. The van der Waals surface area contributed by atoms with E-state index in [1.54, 1.807) is 11.3 Å². The molecule has 0 saturated carbocycles. The number of aryl methyl sites for hydroxylation is 1. The SMILES string of the molecule is Cc1sc(C2C(C#N)=C(N)N(c3cccc(Cl)c3C)C3=C2C(=O)CC(C)(C)C3)cc1Br. The topological polar surface area (TPSA) is 70.1 Å². The molecule has 0 spiro atoms. The fraction of sp³-hybridized carbons (Fsp3) is 0.333. The van der Waals surface area contributed by atoms with Crippen molar-refractivity contribution in [2.75, 3.05) is 4.90 Å². The first-order valence-electron chi connectivity index (χ1n) is 10.0. The van der Waals surface area contributed by atoms with Gasteiger partial charge in [-0.25, -0.2) is 0 Å². The average molecular weight is 517 g/mol. The quantitative estimate of drug-likeness (QED) is 0.481. The first-order chi connectivity index (χ1) is 14.6. The zero-order chi connectivity index (χ0) is 22.7. The van der Waals surface area contributed by atoms with Gasteiger partial charge in [0.1, 0.15) is 5.82 Å². The van der Waals surface area contributed by atoms with Crippen LogP contribution >= 0.6 is 38.9 Å². The predicted molar refractivity (Wildman–Crippen MR) is 130 cm³/mol. The monoisotopic (exact) mass is 515 g/mol. The Morgan fingerprint density at radius 3 is 2.65 bits per heavy atom. The summed E-state index contributed by atoms with van der Waals surface area (Å²) in [7, 11) is 0. The number of allylic oxidation sites excluding steroid dienone is 3. The van der Waals surface area contributed by atoms with E-state index >= 15 is 0 Å². The Hall–Kier alpha value is -2.07. The first kappa shape index (κ1) is 22.1. The van der Waals surface area contributed by atoms with Crippen LogP contribution in [0.2, 0.25) is 5.02 Å². The van der Waals surface area contributed by atoms with Gasteiger partial charge in [0, 0.05) is 36.9 Å². The molecule has 2 N–H and O–H groups in total. The van der Waals surface area contributed by atoms with Crippen molar-refractivity contribution in [3.8, 4) is 6.07 Å². The molecule has 1 unspecified atom stereocenters. The van der Waals surface area contributed by atoms with Gasteiger partial charge in [0.2, 0.25) is 0 Å². The molecule has 4 rings (SSSR count). The molecule has 0 radical (unpaired) electrons. The van der Waals surface area contributed by atoms with Gasteiger partial charge in [-0.05, 0) is 65.4 Å². The maximum Gasteiger partial charge on any atom is 0.162 e. The van der Waals surface area contributed by atoms with Crippen LogP contribution in [-0.4, -0.2) is 5.78 Å². The number of nitrogens with zero attached hydrogens (tertiary/aromatic N) is 2. The number of ketones is 1.